The fraction of sp³-hybridized carbons (Fsp3) is 0.892. The molecule has 0 aliphatic rings. The fourth-order valence-electron chi connectivity index (χ4n) is 5.50. The molecule has 0 unspecified atom stereocenters. The Bertz CT molecular complexity index is 438. The van der Waals surface area contributed by atoms with Crippen molar-refractivity contribution in [2.24, 2.45) is 0 Å². The molecule has 0 radical (unpaired) electrons. The number of hydrogen-bond acceptors (Lipinski definition) is 0. The largest absolute Gasteiger partial charge is 0.0856 e. The molecule has 0 aliphatic carbocycles. The summed E-state index contributed by atoms with van der Waals surface area (Å²) < 4.78 is 0. The van der Waals surface area contributed by atoms with Crippen LogP contribution < -0.4 is 0 Å². The van der Waals surface area contributed by atoms with Gasteiger partial charge in [-0.2, -0.15) is 0 Å². The van der Waals surface area contributed by atoms with E-state index >= 15 is 0 Å². The Kier molecular flexibility index (Phi) is 31.3. The van der Waals surface area contributed by atoms with Gasteiger partial charge in [0, 0.05) is 0 Å². The van der Waals surface area contributed by atoms with Crippen molar-refractivity contribution < 1.29 is 0 Å². The highest BCUT2D eigenvalue weighted by molar-refractivity contribution is 4.98. The molecule has 0 aliphatic heterocycles. The lowest BCUT2D eigenvalue weighted by atomic mass is 10.0. The van der Waals surface area contributed by atoms with Gasteiger partial charge in [-0.1, -0.05) is 172 Å². The Hall–Kier alpha value is -0.520. The van der Waals surface area contributed by atoms with E-state index in [1.165, 1.54) is 186 Å². The van der Waals surface area contributed by atoms with Gasteiger partial charge in [-0.25, -0.2) is 0 Å². The van der Waals surface area contributed by atoms with Crippen molar-refractivity contribution in [3.63, 3.8) is 0 Å². The van der Waals surface area contributed by atoms with Crippen LogP contribution in [0, 0.1) is 0 Å². The lowest BCUT2D eigenvalue weighted by Gasteiger charge is -2.04. The van der Waals surface area contributed by atoms with E-state index in [-0.39, 0.29) is 0 Å². The predicted molar refractivity (Wildman–Crippen MR) is 173 cm³/mol. The monoisotopic (exact) mass is 517 g/mol. The molecule has 0 fully saturated rings. The van der Waals surface area contributed by atoms with Crippen molar-refractivity contribution in [2.75, 3.05) is 0 Å². The Morgan fingerprint density at radius 2 is 0.568 bits per heavy atom. The van der Waals surface area contributed by atoms with Crippen LogP contribution in [0.3, 0.4) is 0 Å². The van der Waals surface area contributed by atoms with Crippen molar-refractivity contribution in [2.45, 2.75) is 214 Å². The van der Waals surface area contributed by atoms with E-state index in [2.05, 4.69) is 39.8 Å². The van der Waals surface area contributed by atoms with Gasteiger partial charge in [0.15, 0.2) is 0 Å². The second-order valence-corrected chi connectivity index (χ2v) is 12.3. The standard InChI is InChI=1S/C37H72/c1-5-7-9-11-13-15-17-20-24-28-32-36(3)34-30-26-22-19-23-27-31-35-37(4)33-29-25-21-18-16-14-12-10-8-6-2/h34-35H,5-33H2,1-4H3. The van der Waals surface area contributed by atoms with E-state index < -0.39 is 0 Å². The number of rotatable bonds is 30. The van der Waals surface area contributed by atoms with Crippen molar-refractivity contribution in [3.8, 4) is 0 Å². The molecule has 0 aromatic heterocycles. The Morgan fingerprint density at radius 1 is 0.324 bits per heavy atom. The summed E-state index contributed by atoms with van der Waals surface area (Å²) in [6.45, 7) is 9.32. The average molecular weight is 517 g/mol. The lowest BCUT2D eigenvalue weighted by molar-refractivity contribution is 0.555. The summed E-state index contributed by atoms with van der Waals surface area (Å²) in [6, 6.07) is 0. The van der Waals surface area contributed by atoms with Gasteiger partial charge in [0.1, 0.15) is 0 Å². The molecule has 0 N–H and O–H groups in total. The molecule has 0 saturated carbocycles. The van der Waals surface area contributed by atoms with E-state index in [0.29, 0.717) is 0 Å². The summed E-state index contributed by atoms with van der Waals surface area (Å²) in [5.74, 6) is 0. The Morgan fingerprint density at radius 3 is 0.865 bits per heavy atom. The first-order valence-corrected chi connectivity index (χ1v) is 17.5. The van der Waals surface area contributed by atoms with Crippen LogP contribution in [0.15, 0.2) is 23.3 Å². The minimum Gasteiger partial charge on any atom is -0.0856 e. The molecule has 0 aromatic carbocycles. The van der Waals surface area contributed by atoms with Crippen LogP contribution in [0.25, 0.3) is 0 Å². The molecule has 0 bridgehead atoms. The van der Waals surface area contributed by atoms with E-state index in [0.717, 1.165) is 0 Å². The summed E-state index contributed by atoms with van der Waals surface area (Å²) in [6.07, 6.45) is 46.2. The maximum atomic E-state index is 2.54. The van der Waals surface area contributed by atoms with Gasteiger partial charge in [-0.05, 0) is 65.2 Å². The maximum absolute atomic E-state index is 2.54. The smallest absolute Gasteiger partial charge is 0.0323 e. The molecule has 0 atom stereocenters. The molecule has 0 heterocycles. The topological polar surface area (TPSA) is 0 Å². The van der Waals surface area contributed by atoms with Gasteiger partial charge in [0.2, 0.25) is 0 Å². The highest BCUT2D eigenvalue weighted by atomic mass is 14.0. The zero-order chi connectivity index (χ0) is 27.1. The summed E-state index contributed by atoms with van der Waals surface area (Å²) in [5.41, 5.74) is 3.28. The summed E-state index contributed by atoms with van der Waals surface area (Å²) in [7, 11) is 0. The summed E-state index contributed by atoms with van der Waals surface area (Å²) in [5, 5.41) is 0. The fourth-order valence-corrected chi connectivity index (χ4v) is 5.50. The molecule has 0 saturated heterocycles. The van der Waals surface area contributed by atoms with Crippen molar-refractivity contribution in [3.05, 3.63) is 23.3 Å². The number of allylic oxidation sites excluding steroid dienone is 4. The zero-order valence-corrected chi connectivity index (χ0v) is 26.7. The molecule has 0 aromatic rings. The first-order valence-electron chi connectivity index (χ1n) is 17.5. The molecular formula is C37H72. The quantitative estimate of drug-likeness (QED) is 0.0657. The number of unbranched alkanes of at least 4 members (excludes halogenated alkanes) is 24. The van der Waals surface area contributed by atoms with Crippen LogP contribution in [0.2, 0.25) is 0 Å². The third kappa shape index (κ3) is 31.6. The van der Waals surface area contributed by atoms with Crippen LogP contribution in [0.5, 0.6) is 0 Å². The van der Waals surface area contributed by atoms with Crippen LogP contribution >= 0.6 is 0 Å². The molecule has 220 valence electrons. The van der Waals surface area contributed by atoms with Gasteiger partial charge in [0.25, 0.3) is 0 Å². The molecular weight excluding hydrogens is 444 g/mol. The Balaban J connectivity index is 3.38. The van der Waals surface area contributed by atoms with Gasteiger partial charge < -0.3 is 0 Å². The van der Waals surface area contributed by atoms with Crippen molar-refractivity contribution in [1.29, 1.82) is 0 Å². The second-order valence-electron chi connectivity index (χ2n) is 12.3. The van der Waals surface area contributed by atoms with E-state index in [1.807, 2.05) is 0 Å². The zero-order valence-electron chi connectivity index (χ0n) is 26.7. The van der Waals surface area contributed by atoms with Crippen LogP contribution in [0.1, 0.15) is 214 Å². The third-order valence-electron chi connectivity index (χ3n) is 8.24. The van der Waals surface area contributed by atoms with E-state index in [1.54, 1.807) is 11.1 Å². The lowest BCUT2D eigenvalue weighted by Crippen LogP contribution is -1.84. The summed E-state index contributed by atoms with van der Waals surface area (Å²) >= 11 is 0. The Labute approximate surface area is 236 Å². The van der Waals surface area contributed by atoms with E-state index in [9.17, 15) is 0 Å². The van der Waals surface area contributed by atoms with Crippen LogP contribution in [0.4, 0.5) is 0 Å². The van der Waals surface area contributed by atoms with Gasteiger partial charge in [-0.15, -0.1) is 0 Å². The molecule has 0 heteroatoms. The second kappa shape index (κ2) is 31.7. The third-order valence-corrected chi connectivity index (χ3v) is 8.24. The average Bonchev–Trinajstić information content (AvgIpc) is 2.89. The van der Waals surface area contributed by atoms with Crippen molar-refractivity contribution in [1.82, 2.24) is 0 Å². The van der Waals surface area contributed by atoms with Gasteiger partial charge >= 0.3 is 0 Å². The summed E-state index contributed by atoms with van der Waals surface area (Å²) in [4.78, 5) is 0. The van der Waals surface area contributed by atoms with Crippen molar-refractivity contribution >= 4 is 0 Å². The van der Waals surface area contributed by atoms with Crippen LogP contribution in [-0.2, 0) is 0 Å². The molecule has 0 rings (SSSR count). The SMILES string of the molecule is CCCCCCCCCCCCC(C)=CCCCCCCCC=C(C)CCCCCCCCCCCC. The number of hydrogen-bond donors (Lipinski definition) is 0. The molecule has 0 amide bonds. The van der Waals surface area contributed by atoms with Gasteiger partial charge in [0.05, 0.1) is 0 Å². The molecule has 37 heavy (non-hydrogen) atoms. The van der Waals surface area contributed by atoms with Gasteiger partial charge in [-0.3, -0.25) is 0 Å². The van der Waals surface area contributed by atoms with Crippen LogP contribution in [-0.4, -0.2) is 0 Å². The highest BCUT2D eigenvalue weighted by Gasteiger charge is 1.97. The minimum atomic E-state index is 1.31. The normalized spacial score (nSPS) is 12.5. The first kappa shape index (κ1) is 36.5. The molecule has 0 spiro atoms. The first-order chi connectivity index (χ1) is 18.2. The minimum absolute atomic E-state index is 1.31. The highest BCUT2D eigenvalue weighted by Crippen LogP contribution is 2.17. The predicted octanol–water partition coefficient (Wildman–Crippen LogP) is 14.2. The maximum Gasteiger partial charge on any atom is -0.0323 e. The van der Waals surface area contributed by atoms with E-state index in [4.69, 9.17) is 0 Å². The molecule has 0 nitrogen and oxygen atoms in total.